The van der Waals surface area contributed by atoms with E-state index in [2.05, 4.69) is 5.10 Å². The largest absolute Gasteiger partial charge is 0.337 e. The Morgan fingerprint density at radius 1 is 1.00 bits per heavy atom. The van der Waals surface area contributed by atoms with Gasteiger partial charge in [0.15, 0.2) is 0 Å². The van der Waals surface area contributed by atoms with E-state index in [0.29, 0.717) is 36.3 Å². The SMILES string of the molecule is CCCCN1C(=O)c2ccc(C(=O)N(C)Cc3cnn(Cc4ccccc4)c3)cc2C1=O. The minimum atomic E-state index is -0.321. The summed E-state index contributed by atoms with van der Waals surface area (Å²) < 4.78 is 1.84. The van der Waals surface area contributed by atoms with Gasteiger partial charge in [0.2, 0.25) is 0 Å². The van der Waals surface area contributed by atoms with Crippen LogP contribution in [0.5, 0.6) is 0 Å². The van der Waals surface area contributed by atoms with Crippen LogP contribution in [0, 0.1) is 0 Å². The Balaban J connectivity index is 1.44. The Kier molecular flexibility index (Phi) is 6.16. The number of benzene rings is 2. The number of carbonyl (C=O) groups is 3. The van der Waals surface area contributed by atoms with Gasteiger partial charge in [-0.1, -0.05) is 43.7 Å². The van der Waals surface area contributed by atoms with Crippen molar-refractivity contribution in [1.29, 1.82) is 0 Å². The van der Waals surface area contributed by atoms with Crippen LogP contribution in [0.4, 0.5) is 0 Å². The van der Waals surface area contributed by atoms with E-state index < -0.39 is 0 Å². The molecule has 4 rings (SSSR count). The number of rotatable bonds is 8. The topological polar surface area (TPSA) is 75.5 Å². The van der Waals surface area contributed by atoms with Gasteiger partial charge in [-0.3, -0.25) is 24.0 Å². The van der Waals surface area contributed by atoms with Crippen molar-refractivity contribution in [1.82, 2.24) is 19.6 Å². The summed E-state index contributed by atoms with van der Waals surface area (Å²) in [6.07, 6.45) is 5.33. The summed E-state index contributed by atoms with van der Waals surface area (Å²) in [5.41, 5.74) is 3.13. The van der Waals surface area contributed by atoms with E-state index in [4.69, 9.17) is 0 Å². The first-order valence-corrected chi connectivity index (χ1v) is 10.8. The molecule has 0 saturated heterocycles. The van der Waals surface area contributed by atoms with E-state index >= 15 is 0 Å². The van der Waals surface area contributed by atoms with Gasteiger partial charge in [-0.15, -0.1) is 0 Å². The predicted octanol–water partition coefficient (Wildman–Crippen LogP) is 3.60. The molecule has 0 radical (unpaired) electrons. The fraction of sp³-hybridized carbons (Fsp3) is 0.280. The van der Waals surface area contributed by atoms with E-state index in [-0.39, 0.29) is 17.7 Å². The molecule has 164 valence electrons. The Morgan fingerprint density at radius 3 is 2.50 bits per heavy atom. The third-order valence-electron chi connectivity index (χ3n) is 5.59. The van der Waals surface area contributed by atoms with E-state index in [1.54, 1.807) is 36.3 Å². The van der Waals surface area contributed by atoms with Crippen LogP contribution in [0.15, 0.2) is 60.9 Å². The molecule has 7 nitrogen and oxygen atoms in total. The van der Waals surface area contributed by atoms with Crippen molar-refractivity contribution < 1.29 is 14.4 Å². The third kappa shape index (κ3) is 4.32. The maximum Gasteiger partial charge on any atom is 0.261 e. The van der Waals surface area contributed by atoms with Gasteiger partial charge in [-0.05, 0) is 30.2 Å². The number of hydrogen-bond donors (Lipinski definition) is 0. The number of amides is 3. The molecule has 0 aliphatic carbocycles. The molecule has 0 unspecified atom stereocenters. The lowest BCUT2D eigenvalue weighted by atomic mass is 10.0. The number of carbonyl (C=O) groups excluding carboxylic acids is 3. The van der Waals surface area contributed by atoms with Crippen molar-refractivity contribution in [2.45, 2.75) is 32.9 Å². The lowest BCUT2D eigenvalue weighted by Crippen LogP contribution is -2.30. The lowest BCUT2D eigenvalue weighted by Gasteiger charge is -2.16. The zero-order valence-electron chi connectivity index (χ0n) is 18.3. The molecule has 2 heterocycles. The molecule has 3 amide bonds. The van der Waals surface area contributed by atoms with Gasteiger partial charge in [0.25, 0.3) is 17.7 Å². The molecular formula is C25H26N4O3. The zero-order chi connectivity index (χ0) is 22.7. The molecule has 0 N–H and O–H groups in total. The zero-order valence-corrected chi connectivity index (χ0v) is 18.3. The summed E-state index contributed by atoms with van der Waals surface area (Å²) in [5, 5.41) is 4.39. The Hall–Kier alpha value is -3.74. The van der Waals surface area contributed by atoms with Crippen LogP contribution in [0.2, 0.25) is 0 Å². The monoisotopic (exact) mass is 430 g/mol. The molecule has 0 bridgehead atoms. The average molecular weight is 431 g/mol. The van der Waals surface area contributed by atoms with Crippen LogP contribution in [0.3, 0.4) is 0 Å². The molecule has 2 aromatic carbocycles. The van der Waals surface area contributed by atoms with E-state index in [9.17, 15) is 14.4 Å². The van der Waals surface area contributed by atoms with Crippen molar-refractivity contribution >= 4 is 17.7 Å². The molecule has 0 saturated carbocycles. The van der Waals surface area contributed by atoms with Gasteiger partial charge in [-0.25, -0.2) is 0 Å². The maximum atomic E-state index is 13.0. The van der Waals surface area contributed by atoms with Crippen molar-refractivity contribution in [3.63, 3.8) is 0 Å². The highest BCUT2D eigenvalue weighted by Crippen LogP contribution is 2.25. The van der Waals surface area contributed by atoms with Crippen LogP contribution < -0.4 is 0 Å². The normalized spacial score (nSPS) is 12.9. The van der Waals surface area contributed by atoms with Crippen LogP contribution in [0.1, 0.15) is 62.0 Å². The number of hydrogen-bond acceptors (Lipinski definition) is 4. The van der Waals surface area contributed by atoms with Gasteiger partial charge in [-0.2, -0.15) is 5.10 Å². The molecule has 0 fully saturated rings. The fourth-order valence-electron chi connectivity index (χ4n) is 3.85. The molecule has 7 heteroatoms. The number of fused-ring (bicyclic) bond motifs is 1. The van der Waals surface area contributed by atoms with Gasteiger partial charge < -0.3 is 4.90 Å². The van der Waals surface area contributed by atoms with Crippen LogP contribution in [0.25, 0.3) is 0 Å². The van der Waals surface area contributed by atoms with Gasteiger partial charge >= 0.3 is 0 Å². The summed E-state index contributed by atoms with van der Waals surface area (Å²) in [6.45, 7) is 3.46. The van der Waals surface area contributed by atoms with Crippen molar-refractivity contribution in [3.05, 3.63) is 88.7 Å². The summed E-state index contributed by atoms with van der Waals surface area (Å²) in [7, 11) is 1.71. The highest BCUT2D eigenvalue weighted by Gasteiger charge is 2.35. The quantitative estimate of drug-likeness (QED) is 0.512. The number of nitrogens with zero attached hydrogens (tertiary/aromatic N) is 4. The minimum absolute atomic E-state index is 0.212. The molecule has 1 aliphatic rings. The standard InChI is InChI=1S/C25H26N4O3/c1-3-4-12-29-24(31)21-11-10-20(13-22(21)25(29)32)23(30)27(2)15-19-14-26-28(17-19)16-18-8-6-5-7-9-18/h5-11,13-14,17H,3-4,12,15-16H2,1-2H3. The van der Waals surface area contributed by atoms with Crippen molar-refractivity contribution in [2.24, 2.45) is 0 Å². The van der Waals surface area contributed by atoms with Gasteiger partial charge in [0.1, 0.15) is 0 Å². The van der Waals surface area contributed by atoms with Gasteiger partial charge in [0.05, 0.1) is 23.9 Å². The Labute approximate surface area is 187 Å². The second-order valence-corrected chi connectivity index (χ2v) is 8.07. The highest BCUT2D eigenvalue weighted by molar-refractivity contribution is 6.22. The molecule has 3 aromatic rings. The smallest absolute Gasteiger partial charge is 0.261 e. The number of aromatic nitrogens is 2. The second-order valence-electron chi connectivity index (χ2n) is 8.07. The van der Waals surface area contributed by atoms with Crippen LogP contribution in [-0.4, -0.2) is 50.9 Å². The Bertz CT molecular complexity index is 1150. The summed E-state index contributed by atoms with van der Waals surface area (Å²) in [4.78, 5) is 41.0. The molecular weight excluding hydrogens is 404 g/mol. The average Bonchev–Trinajstić information content (AvgIpc) is 3.34. The summed E-state index contributed by atoms with van der Waals surface area (Å²) in [5.74, 6) is -0.814. The van der Waals surface area contributed by atoms with Gasteiger partial charge in [0, 0.05) is 37.5 Å². The molecule has 0 atom stereocenters. The first-order valence-electron chi connectivity index (χ1n) is 10.8. The maximum absolute atomic E-state index is 13.0. The van der Waals surface area contributed by atoms with E-state index in [1.807, 2.05) is 48.1 Å². The third-order valence-corrected chi connectivity index (χ3v) is 5.59. The molecule has 1 aromatic heterocycles. The fourth-order valence-corrected chi connectivity index (χ4v) is 3.85. The molecule has 0 spiro atoms. The first-order chi connectivity index (χ1) is 15.5. The van der Waals surface area contributed by atoms with Crippen molar-refractivity contribution in [2.75, 3.05) is 13.6 Å². The Morgan fingerprint density at radius 2 is 1.75 bits per heavy atom. The first kappa shape index (κ1) is 21.5. The van der Waals surface area contributed by atoms with Crippen LogP contribution >= 0.6 is 0 Å². The summed E-state index contributed by atoms with van der Waals surface area (Å²) >= 11 is 0. The second kappa shape index (κ2) is 9.18. The predicted molar refractivity (Wildman–Crippen MR) is 120 cm³/mol. The molecule has 32 heavy (non-hydrogen) atoms. The van der Waals surface area contributed by atoms with Crippen molar-refractivity contribution in [3.8, 4) is 0 Å². The summed E-state index contributed by atoms with van der Waals surface area (Å²) in [6, 6.07) is 14.8. The molecule has 1 aliphatic heterocycles. The minimum Gasteiger partial charge on any atom is -0.337 e. The lowest BCUT2D eigenvalue weighted by molar-refractivity contribution is 0.0652. The van der Waals surface area contributed by atoms with E-state index in [0.717, 1.165) is 24.0 Å². The number of imide groups is 1. The highest BCUT2D eigenvalue weighted by atomic mass is 16.2. The van der Waals surface area contributed by atoms with E-state index in [1.165, 1.54) is 4.90 Å². The van der Waals surface area contributed by atoms with Crippen LogP contribution in [-0.2, 0) is 13.1 Å². The number of unbranched alkanes of at least 4 members (excludes halogenated alkanes) is 1.